The van der Waals surface area contributed by atoms with Crippen molar-refractivity contribution in [2.75, 3.05) is 6.61 Å². The second-order valence-electron chi connectivity index (χ2n) is 4.37. The molecule has 1 aliphatic rings. The Labute approximate surface area is 96.3 Å². The predicted octanol–water partition coefficient (Wildman–Crippen LogP) is -1.43. The zero-order chi connectivity index (χ0) is 12.6. The van der Waals surface area contributed by atoms with Crippen LogP contribution < -0.4 is 11.2 Å². The van der Waals surface area contributed by atoms with Crippen molar-refractivity contribution in [3.05, 3.63) is 33.1 Å². The SMILES string of the molecule is CC1(O)CC(CO)OC1n1ccc(=O)[nH]c1=O. The van der Waals surface area contributed by atoms with Crippen molar-refractivity contribution < 1.29 is 14.9 Å². The lowest BCUT2D eigenvalue weighted by Gasteiger charge is -2.24. The first kappa shape index (κ1) is 12.0. The number of ether oxygens (including phenoxy) is 1. The van der Waals surface area contributed by atoms with E-state index in [0.717, 1.165) is 4.57 Å². The maximum Gasteiger partial charge on any atom is 0.330 e. The van der Waals surface area contributed by atoms with Crippen LogP contribution in [0.5, 0.6) is 0 Å². The zero-order valence-electron chi connectivity index (χ0n) is 9.29. The van der Waals surface area contributed by atoms with Crippen molar-refractivity contribution in [1.82, 2.24) is 9.55 Å². The molecule has 7 heteroatoms. The largest absolute Gasteiger partial charge is 0.394 e. The van der Waals surface area contributed by atoms with Gasteiger partial charge in [0.2, 0.25) is 0 Å². The van der Waals surface area contributed by atoms with E-state index < -0.39 is 29.2 Å². The number of aromatic amines is 1. The van der Waals surface area contributed by atoms with Gasteiger partial charge in [0.1, 0.15) is 5.60 Å². The van der Waals surface area contributed by atoms with Crippen LogP contribution >= 0.6 is 0 Å². The molecule has 7 nitrogen and oxygen atoms in total. The number of aromatic nitrogens is 2. The minimum Gasteiger partial charge on any atom is -0.394 e. The van der Waals surface area contributed by atoms with Crippen LogP contribution in [0, 0.1) is 0 Å². The molecule has 1 aliphatic heterocycles. The number of hydrogen-bond donors (Lipinski definition) is 3. The summed E-state index contributed by atoms with van der Waals surface area (Å²) in [6.07, 6.45) is 0.0533. The molecular weight excluding hydrogens is 228 g/mol. The van der Waals surface area contributed by atoms with Crippen LogP contribution in [0.3, 0.4) is 0 Å². The third-order valence-electron chi connectivity index (χ3n) is 2.80. The highest BCUT2D eigenvalue weighted by molar-refractivity contribution is 4.94. The molecule has 0 aliphatic carbocycles. The molecule has 0 spiro atoms. The predicted molar refractivity (Wildman–Crippen MR) is 57.6 cm³/mol. The maximum atomic E-state index is 11.6. The van der Waals surface area contributed by atoms with Crippen molar-refractivity contribution in [2.24, 2.45) is 0 Å². The Morgan fingerprint density at radius 1 is 1.65 bits per heavy atom. The van der Waals surface area contributed by atoms with E-state index in [4.69, 9.17) is 9.84 Å². The summed E-state index contributed by atoms with van der Waals surface area (Å²) < 4.78 is 6.48. The smallest absolute Gasteiger partial charge is 0.330 e. The first-order valence-corrected chi connectivity index (χ1v) is 5.24. The van der Waals surface area contributed by atoms with Crippen molar-refractivity contribution in [1.29, 1.82) is 0 Å². The molecule has 2 heterocycles. The minimum atomic E-state index is -1.27. The third kappa shape index (κ3) is 2.17. The Morgan fingerprint density at radius 2 is 2.35 bits per heavy atom. The average molecular weight is 242 g/mol. The Bertz CT molecular complexity index is 518. The lowest BCUT2D eigenvalue weighted by atomic mass is 10.0. The quantitative estimate of drug-likeness (QED) is 0.589. The van der Waals surface area contributed by atoms with E-state index >= 15 is 0 Å². The fourth-order valence-electron chi connectivity index (χ4n) is 2.02. The number of aliphatic hydroxyl groups is 2. The fourth-order valence-corrected chi connectivity index (χ4v) is 2.02. The van der Waals surface area contributed by atoms with Gasteiger partial charge in [-0.1, -0.05) is 0 Å². The average Bonchev–Trinajstić information content (AvgIpc) is 2.54. The van der Waals surface area contributed by atoms with Gasteiger partial charge in [-0.2, -0.15) is 0 Å². The number of rotatable bonds is 2. The maximum absolute atomic E-state index is 11.6. The van der Waals surface area contributed by atoms with E-state index in [2.05, 4.69) is 4.98 Å². The number of nitrogens with zero attached hydrogens (tertiary/aromatic N) is 1. The van der Waals surface area contributed by atoms with E-state index in [0.29, 0.717) is 0 Å². The second-order valence-corrected chi connectivity index (χ2v) is 4.37. The van der Waals surface area contributed by atoms with Gasteiger partial charge in [-0.25, -0.2) is 4.79 Å². The highest BCUT2D eigenvalue weighted by Crippen LogP contribution is 2.36. The molecule has 1 aromatic rings. The van der Waals surface area contributed by atoms with Gasteiger partial charge in [0.25, 0.3) is 5.56 Å². The van der Waals surface area contributed by atoms with Crippen LogP contribution in [0.25, 0.3) is 0 Å². The highest BCUT2D eigenvalue weighted by Gasteiger charge is 2.45. The Morgan fingerprint density at radius 3 is 2.88 bits per heavy atom. The molecule has 3 atom stereocenters. The van der Waals surface area contributed by atoms with Gasteiger partial charge in [-0.05, 0) is 6.92 Å². The van der Waals surface area contributed by atoms with Crippen LogP contribution in [-0.4, -0.2) is 38.1 Å². The molecule has 94 valence electrons. The van der Waals surface area contributed by atoms with Gasteiger partial charge in [-0.3, -0.25) is 14.3 Å². The summed E-state index contributed by atoms with van der Waals surface area (Å²) in [7, 11) is 0. The molecule has 0 aromatic carbocycles. The van der Waals surface area contributed by atoms with Gasteiger partial charge in [0, 0.05) is 18.7 Å². The monoisotopic (exact) mass is 242 g/mol. The van der Waals surface area contributed by atoms with Crippen LogP contribution in [-0.2, 0) is 4.74 Å². The second kappa shape index (κ2) is 4.10. The lowest BCUT2D eigenvalue weighted by Crippen LogP contribution is -2.40. The molecule has 1 saturated heterocycles. The molecular formula is C10H14N2O5. The Balaban J connectivity index is 2.40. The highest BCUT2D eigenvalue weighted by atomic mass is 16.5. The van der Waals surface area contributed by atoms with E-state index in [1.54, 1.807) is 0 Å². The van der Waals surface area contributed by atoms with E-state index in [-0.39, 0.29) is 13.0 Å². The van der Waals surface area contributed by atoms with Crippen LogP contribution in [0.15, 0.2) is 21.9 Å². The molecule has 0 radical (unpaired) electrons. The normalized spacial score (nSPS) is 32.9. The number of H-pyrrole nitrogens is 1. The summed E-state index contributed by atoms with van der Waals surface area (Å²) in [5, 5.41) is 19.1. The number of aliphatic hydroxyl groups excluding tert-OH is 1. The first-order chi connectivity index (χ1) is 7.94. The van der Waals surface area contributed by atoms with E-state index in [9.17, 15) is 14.7 Å². The summed E-state index contributed by atoms with van der Waals surface area (Å²) in [6, 6.07) is 1.17. The van der Waals surface area contributed by atoms with E-state index in [1.165, 1.54) is 19.2 Å². The molecule has 2 rings (SSSR count). The van der Waals surface area contributed by atoms with Gasteiger partial charge in [-0.15, -0.1) is 0 Å². The van der Waals surface area contributed by atoms with Gasteiger partial charge < -0.3 is 14.9 Å². The van der Waals surface area contributed by atoms with Crippen molar-refractivity contribution >= 4 is 0 Å². The van der Waals surface area contributed by atoms with Crippen LogP contribution in [0.1, 0.15) is 19.6 Å². The summed E-state index contributed by atoms with van der Waals surface area (Å²) in [6.45, 7) is 1.29. The summed E-state index contributed by atoms with van der Waals surface area (Å²) in [4.78, 5) is 24.6. The standard InChI is InChI=1S/C10H14N2O5/c1-10(16)4-6(5-13)17-8(10)12-3-2-7(14)11-9(12)15/h2-3,6,8,13,16H,4-5H2,1H3,(H,11,14,15). The summed E-state index contributed by atoms with van der Waals surface area (Å²) >= 11 is 0. The molecule has 0 amide bonds. The molecule has 3 unspecified atom stereocenters. The molecule has 3 N–H and O–H groups in total. The van der Waals surface area contributed by atoms with Crippen molar-refractivity contribution in [3.63, 3.8) is 0 Å². The van der Waals surface area contributed by atoms with Gasteiger partial charge in [0.15, 0.2) is 6.23 Å². The number of hydrogen-bond acceptors (Lipinski definition) is 5. The van der Waals surface area contributed by atoms with Crippen molar-refractivity contribution in [3.8, 4) is 0 Å². The first-order valence-electron chi connectivity index (χ1n) is 5.24. The lowest BCUT2D eigenvalue weighted by molar-refractivity contribution is -0.0897. The molecule has 0 saturated carbocycles. The Kier molecular flexibility index (Phi) is 2.90. The van der Waals surface area contributed by atoms with E-state index in [1.807, 2.05) is 0 Å². The van der Waals surface area contributed by atoms with Gasteiger partial charge in [0.05, 0.1) is 12.7 Å². The molecule has 1 aromatic heterocycles. The Hall–Kier alpha value is -1.44. The molecule has 0 bridgehead atoms. The number of nitrogens with one attached hydrogen (secondary N) is 1. The summed E-state index contributed by atoms with van der Waals surface area (Å²) in [5.74, 6) is 0. The van der Waals surface area contributed by atoms with Crippen LogP contribution in [0.4, 0.5) is 0 Å². The fraction of sp³-hybridized carbons (Fsp3) is 0.600. The zero-order valence-corrected chi connectivity index (χ0v) is 9.29. The third-order valence-corrected chi connectivity index (χ3v) is 2.80. The van der Waals surface area contributed by atoms with Crippen molar-refractivity contribution in [2.45, 2.75) is 31.3 Å². The van der Waals surface area contributed by atoms with Gasteiger partial charge >= 0.3 is 5.69 Å². The molecule has 17 heavy (non-hydrogen) atoms. The summed E-state index contributed by atoms with van der Waals surface area (Å²) in [5.41, 5.74) is -2.43. The van der Waals surface area contributed by atoms with Crippen LogP contribution in [0.2, 0.25) is 0 Å². The minimum absolute atomic E-state index is 0.222. The topological polar surface area (TPSA) is 105 Å². The molecule has 1 fully saturated rings.